The molecule has 2 heteroatoms. The molecule has 0 saturated carbocycles. The molecule has 0 aliphatic carbocycles. The van der Waals surface area contributed by atoms with Crippen LogP contribution in [0.3, 0.4) is 0 Å². The first-order valence-corrected chi connectivity index (χ1v) is 8.70. The minimum Gasteiger partial charge on any atom is -0.454 e. The van der Waals surface area contributed by atoms with Crippen LogP contribution in [0.2, 0.25) is 0 Å². The topological polar surface area (TPSA) is 17.6 Å². The molecule has 0 amide bonds. The van der Waals surface area contributed by atoms with Gasteiger partial charge < -0.3 is 8.82 Å². The second-order valence-electron chi connectivity index (χ2n) is 6.47. The first kappa shape index (κ1) is 13.7. The molecule has 0 unspecified atom stereocenters. The number of pyridine rings is 1. The number of fused-ring (bicyclic) bond motifs is 7. The van der Waals surface area contributed by atoms with Gasteiger partial charge in [-0.3, -0.25) is 0 Å². The molecule has 0 saturated heterocycles. The summed E-state index contributed by atoms with van der Waals surface area (Å²) in [6, 6.07) is 19.2. The number of rotatable bonds is 3. The summed E-state index contributed by atoms with van der Waals surface area (Å²) in [6.45, 7) is 2.25. The lowest BCUT2D eigenvalue weighted by Crippen LogP contribution is -1.93. The fourth-order valence-corrected chi connectivity index (χ4v) is 3.90. The molecule has 0 bridgehead atoms. The molecule has 5 aromatic rings. The quantitative estimate of drug-likeness (QED) is 0.380. The van der Waals surface area contributed by atoms with Crippen LogP contribution in [0, 0.1) is 0 Å². The minimum absolute atomic E-state index is 0.989. The van der Waals surface area contributed by atoms with Crippen molar-refractivity contribution in [3.63, 3.8) is 0 Å². The number of furan rings is 1. The van der Waals surface area contributed by atoms with Crippen LogP contribution in [0.1, 0.15) is 25.5 Å². The predicted molar refractivity (Wildman–Crippen MR) is 101 cm³/mol. The number of benzene rings is 2. The molecule has 0 N–H and O–H groups in total. The van der Waals surface area contributed by atoms with Crippen molar-refractivity contribution >= 4 is 38.2 Å². The molecule has 0 atom stereocenters. The molecule has 0 spiro atoms. The number of hydrogen-bond donors (Lipinski definition) is 0. The van der Waals surface area contributed by atoms with E-state index in [0.29, 0.717) is 0 Å². The summed E-state index contributed by atoms with van der Waals surface area (Å²) < 4.78 is 8.62. The number of hydrogen-bond acceptors (Lipinski definition) is 1. The Kier molecular flexibility index (Phi) is 2.93. The Hall–Kier alpha value is -2.74. The molecule has 24 heavy (non-hydrogen) atoms. The van der Waals surface area contributed by atoms with Gasteiger partial charge in [-0.2, -0.15) is 0 Å². The molecule has 0 aliphatic heterocycles. The van der Waals surface area contributed by atoms with Crippen LogP contribution in [0.5, 0.6) is 0 Å². The van der Waals surface area contributed by atoms with Gasteiger partial charge in [-0.15, -0.1) is 0 Å². The lowest BCUT2D eigenvalue weighted by Gasteiger charge is -2.04. The number of aromatic nitrogens is 1. The maximum atomic E-state index is 6.31. The summed E-state index contributed by atoms with van der Waals surface area (Å²) in [5, 5.41) is 5.10. The highest BCUT2D eigenvalue weighted by Gasteiger charge is 2.19. The van der Waals surface area contributed by atoms with E-state index in [1.807, 2.05) is 0 Å². The van der Waals surface area contributed by atoms with Crippen LogP contribution in [-0.2, 0) is 6.42 Å². The van der Waals surface area contributed by atoms with Crippen LogP contribution in [0.4, 0.5) is 0 Å². The van der Waals surface area contributed by atoms with Gasteiger partial charge in [-0.25, -0.2) is 0 Å². The van der Waals surface area contributed by atoms with Crippen molar-refractivity contribution in [3.05, 3.63) is 66.5 Å². The van der Waals surface area contributed by atoms with Crippen molar-refractivity contribution in [2.24, 2.45) is 0 Å². The Balaban J connectivity index is 2.02. The molecular weight excluding hydrogens is 294 g/mol. The monoisotopic (exact) mass is 313 g/mol. The standard InChI is InChI=1S/C22H19NO/c1-2-3-10-17-21-20-16-9-5-4-8-15(16)12-13-19(20)24-22(21)18-11-6-7-14-23(17)18/h4-9,11-14H,2-3,10H2,1H3. The van der Waals surface area contributed by atoms with Crippen LogP contribution >= 0.6 is 0 Å². The summed E-state index contributed by atoms with van der Waals surface area (Å²) in [5.41, 5.74) is 4.55. The van der Waals surface area contributed by atoms with Gasteiger partial charge in [-0.1, -0.05) is 49.7 Å². The highest BCUT2D eigenvalue weighted by Crippen LogP contribution is 2.40. The van der Waals surface area contributed by atoms with E-state index in [-0.39, 0.29) is 0 Å². The normalized spacial score (nSPS) is 12.0. The molecule has 5 rings (SSSR count). The molecular formula is C22H19NO. The van der Waals surface area contributed by atoms with Crippen molar-refractivity contribution < 1.29 is 4.42 Å². The Morgan fingerprint density at radius 1 is 0.917 bits per heavy atom. The van der Waals surface area contributed by atoms with Crippen molar-refractivity contribution in [1.29, 1.82) is 0 Å². The Morgan fingerprint density at radius 2 is 1.79 bits per heavy atom. The third kappa shape index (κ3) is 1.77. The van der Waals surface area contributed by atoms with E-state index in [9.17, 15) is 0 Å². The van der Waals surface area contributed by atoms with Crippen molar-refractivity contribution in [1.82, 2.24) is 4.40 Å². The number of aryl methyl sites for hydroxylation is 1. The maximum absolute atomic E-state index is 6.31. The lowest BCUT2D eigenvalue weighted by atomic mass is 10.0. The summed E-state index contributed by atoms with van der Waals surface area (Å²) >= 11 is 0. The van der Waals surface area contributed by atoms with E-state index in [4.69, 9.17) is 4.42 Å². The maximum Gasteiger partial charge on any atom is 0.161 e. The van der Waals surface area contributed by atoms with E-state index < -0.39 is 0 Å². The fourth-order valence-electron chi connectivity index (χ4n) is 3.90. The van der Waals surface area contributed by atoms with Crippen LogP contribution in [0.25, 0.3) is 38.2 Å². The van der Waals surface area contributed by atoms with E-state index in [1.165, 1.54) is 45.6 Å². The third-order valence-electron chi connectivity index (χ3n) is 5.02. The molecule has 0 aliphatic rings. The number of unbranched alkanes of at least 4 members (excludes halogenated alkanes) is 1. The third-order valence-corrected chi connectivity index (χ3v) is 5.02. The molecule has 2 aromatic carbocycles. The van der Waals surface area contributed by atoms with Crippen molar-refractivity contribution in [2.45, 2.75) is 26.2 Å². The second kappa shape index (κ2) is 5.13. The van der Waals surface area contributed by atoms with E-state index >= 15 is 0 Å². The van der Waals surface area contributed by atoms with Gasteiger partial charge >= 0.3 is 0 Å². The van der Waals surface area contributed by atoms with Crippen LogP contribution in [-0.4, -0.2) is 4.40 Å². The zero-order valence-corrected chi connectivity index (χ0v) is 13.8. The highest BCUT2D eigenvalue weighted by atomic mass is 16.3. The Bertz CT molecular complexity index is 1190. The molecule has 3 heterocycles. The fraction of sp³-hybridized carbons (Fsp3) is 0.182. The summed E-state index contributed by atoms with van der Waals surface area (Å²) in [5.74, 6) is 0. The van der Waals surface area contributed by atoms with Crippen molar-refractivity contribution in [2.75, 3.05) is 0 Å². The highest BCUT2D eigenvalue weighted by molar-refractivity contribution is 6.22. The average Bonchev–Trinajstić information content (AvgIpc) is 3.15. The van der Waals surface area contributed by atoms with Crippen LogP contribution < -0.4 is 0 Å². The SMILES string of the molecule is CCCCc1c2c(oc3ccc4ccccc4c32)c2ccccn12. The first-order chi connectivity index (χ1) is 11.9. The average molecular weight is 313 g/mol. The summed E-state index contributed by atoms with van der Waals surface area (Å²) in [7, 11) is 0. The Morgan fingerprint density at radius 3 is 2.71 bits per heavy atom. The van der Waals surface area contributed by atoms with Crippen LogP contribution in [0.15, 0.2) is 65.2 Å². The molecule has 118 valence electrons. The van der Waals surface area contributed by atoms with Gasteiger partial charge in [0.1, 0.15) is 5.58 Å². The van der Waals surface area contributed by atoms with Gasteiger partial charge in [0, 0.05) is 17.3 Å². The molecule has 2 nitrogen and oxygen atoms in total. The largest absolute Gasteiger partial charge is 0.454 e. The molecule has 0 radical (unpaired) electrons. The minimum atomic E-state index is 0.989. The van der Waals surface area contributed by atoms with Gasteiger partial charge in [0.25, 0.3) is 0 Å². The van der Waals surface area contributed by atoms with Gasteiger partial charge in [-0.05, 0) is 41.8 Å². The zero-order chi connectivity index (χ0) is 16.1. The van der Waals surface area contributed by atoms with E-state index in [1.54, 1.807) is 0 Å². The molecule has 0 fully saturated rings. The zero-order valence-electron chi connectivity index (χ0n) is 13.8. The summed E-state index contributed by atoms with van der Waals surface area (Å²) in [6.07, 6.45) is 5.61. The van der Waals surface area contributed by atoms with E-state index in [2.05, 4.69) is 72.1 Å². The van der Waals surface area contributed by atoms with E-state index in [0.717, 1.165) is 17.6 Å². The van der Waals surface area contributed by atoms with Gasteiger partial charge in [0.05, 0.1) is 10.9 Å². The smallest absolute Gasteiger partial charge is 0.161 e. The molecule has 3 aromatic heterocycles. The lowest BCUT2D eigenvalue weighted by molar-refractivity contribution is 0.672. The first-order valence-electron chi connectivity index (χ1n) is 8.70. The predicted octanol–water partition coefficient (Wildman–Crippen LogP) is 6.33. The Labute approximate surface area is 140 Å². The summed E-state index contributed by atoms with van der Waals surface area (Å²) in [4.78, 5) is 0. The van der Waals surface area contributed by atoms with Gasteiger partial charge in [0.15, 0.2) is 5.58 Å². The second-order valence-corrected chi connectivity index (χ2v) is 6.47. The number of nitrogens with zero attached hydrogens (tertiary/aromatic N) is 1. The van der Waals surface area contributed by atoms with Gasteiger partial charge in [0.2, 0.25) is 0 Å². The van der Waals surface area contributed by atoms with Crippen molar-refractivity contribution in [3.8, 4) is 0 Å².